The van der Waals surface area contributed by atoms with Crippen molar-refractivity contribution < 1.29 is 0 Å². The zero-order valence-corrected chi connectivity index (χ0v) is 15.9. The second-order valence-corrected chi connectivity index (χ2v) is 7.66. The molecule has 2 N–H and O–H groups in total. The van der Waals surface area contributed by atoms with E-state index in [4.69, 9.17) is 9.97 Å². The molecule has 1 aliphatic carbocycles. The predicted molar refractivity (Wildman–Crippen MR) is 105 cm³/mol. The molecule has 0 amide bonds. The van der Waals surface area contributed by atoms with Crippen molar-refractivity contribution in [2.75, 3.05) is 37.4 Å². The first-order valence-corrected chi connectivity index (χ1v) is 9.59. The van der Waals surface area contributed by atoms with Crippen LogP contribution in [-0.2, 0) is 12.8 Å². The van der Waals surface area contributed by atoms with Crippen LogP contribution in [-0.4, -0.2) is 42.1 Å². The van der Waals surface area contributed by atoms with E-state index in [1.54, 1.807) is 0 Å². The van der Waals surface area contributed by atoms with Gasteiger partial charge < -0.3 is 15.5 Å². The topological polar surface area (TPSA) is 66.0 Å². The van der Waals surface area contributed by atoms with Crippen LogP contribution in [0, 0.1) is 12.8 Å². The number of aromatic nitrogens is 3. The van der Waals surface area contributed by atoms with E-state index in [9.17, 15) is 0 Å². The standard InChI is InChI=1S/C20H28N6/c1-13-6-11-22-17(12-13)18(14-4-5-14)24-19-15-7-9-21-10-8-16(15)23-20(25-19)26(2)3/h6,11-12,14,18,21H,4-5,7-10H2,1-3H3,(H,23,24,25). The number of nitrogens with zero attached hydrogens (tertiary/aromatic N) is 4. The molecule has 0 radical (unpaired) electrons. The van der Waals surface area contributed by atoms with Crippen LogP contribution >= 0.6 is 0 Å². The average molecular weight is 352 g/mol. The fourth-order valence-electron chi connectivity index (χ4n) is 3.59. The first kappa shape index (κ1) is 17.2. The van der Waals surface area contributed by atoms with Crippen LogP contribution in [0.2, 0.25) is 0 Å². The number of hydrogen-bond acceptors (Lipinski definition) is 6. The van der Waals surface area contributed by atoms with Gasteiger partial charge >= 0.3 is 0 Å². The summed E-state index contributed by atoms with van der Waals surface area (Å²) in [5, 5.41) is 7.24. The molecule has 2 aromatic rings. The van der Waals surface area contributed by atoms with Crippen molar-refractivity contribution >= 4 is 11.8 Å². The summed E-state index contributed by atoms with van der Waals surface area (Å²) >= 11 is 0. The average Bonchev–Trinajstić information content (AvgIpc) is 3.46. The van der Waals surface area contributed by atoms with E-state index < -0.39 is 0 Å². The van der Waals surface area contributed by atoms with Gasteiger partial charge in [0, 0.05) is 38.8 Å². The smallest absolute Gasteiger partial charge is 0.227 e. The largest absolute Gasteiger partial charge is 0.361 e. The van der Waals surface area contributed by atoms with Crippen LogP contribution in [0.25, 0.3) is 0 Å². The van der Waals surface area contributed by atoms with E-state index in [1.165, 1.54) is 29.7 Å². The molecule has 0 aromatic carbocycles. The second-order valence-electron chi connectivity index (χ2n) is 7.66. The highest BCUT2D eigenvalue weighted by Crippen LogP contribution is 2.43. The van der Waals surface area contributed by atoms with Crippen molar-refractivity contribution in [3.63, 3.8) is 0 Å². The molecule has 0 bridgehead atoms. The van der Waals surface area contributed by atoms with Crippen molar-refractivity contribution in [1.82, 2.24) is 20.3 Å². The minimum absolute atomic E-state index is 0.222. The molecule has 0 saturated heterocycles. The molecule has 2 aromatic heterocycles. The Kier molecular flexibility index (Phi) is 4.76. The summed E-state index contributed by atoms with van der Waals surface area (Å²) in [6.45, 7) is 4.08. The summed E-state index contributed by atoms with van der Waals surface area (Å²) in [6, 6.07) is 4.48. The Labute approximate surface area is 155 Å². The Morgan fingerprint density at radius 1 is 1.19 bits per heavy atom. The Hall–Kier alpha value is -2.21. The van der Waals surface area contributed by atoms with E-state index in [0.29, 0.717) is 5.92 Å². The van der Waals surface area contributed by atoms with Gasteiger partial charge in [0.05, 0.1) is 17.4 Å². The minimum atomic E-state index is 0.222. The van der Waals surface area contributed by atoms with Crippen LogP contribution in [0.15, 0.2) is 18.3 Å². The molecule has 4 rings (SSSR count). The highest BCUT2D eigenvalue weighted by atomic mass is 15.2. The fraction of sp³-hybridized carbons (Fsp3) is 0.550. The molecule has 6 nitrogen and oxygen atoms in total. The maximum atomic E-state index is 4.87. The molecule has 138 valence electrons. The Bertz CT molecular complexity index is 784. The predicted octanol–water partition coefficient (Wildman–Crippen LogP) is 2.50. The lowest BCUT2D eigenvalue weighted by Crippen LogP contribution is -2.21. The first-order chi connectivity index (χ1) is 12.6. The number of anilines is 2. The molecule has 26 heavy (non-hydrogen) atoms. The molecule has 1 atom stereocenters. The molecule has 1 fully saturated rings. The van der Waals surface area contributed by atoms with Crippen LogP contribution in [0.3, 0.4) is 0 Å². The van der Waals surface area contributed by atoms with Crippen molar-refractivity contribution in [3.05, 3.63) is 40.8 Å². The summed E-state index contributed by atoms with van der Waals surface area (Å²) in [4.78, 5) is 16.3. The lowest BCUT2D eigenvalue weighted by atomic mass is 10.0. The number of rotatable bonds is 5. The number of pyridine rings is 1. The van der Waals surface area contributed by atoms with Gasteiger partial charge in [0.15, 0.2) is 0 Å². The molecule has 3 heterocycles. The van der Waals surface area contributed by atoms with Crippen LogP contribution in [0.5, 0.6) is 0 Å². The Balaban J connectivity index is 1.72. The molecule has 1 unspecified atom stereocenters. The minimum Gasteiger partial charge on any atom is -0.361 e. The quantitative estimate of drug-likeness (QED) is 0.862. The summed E-state index contributed by atoms with van der Waals surface area (Å²) in [6.07, 6.45) is 6.33. The normalized spacial score (nSPS) is 18.0. The van der Waals surface area contributed by atoms with Gasteiger partial charge in [-0.15, -0.1) is 0 Å². The molecule has 1 saturated carbocycles. The van der Waals surface area contributed by atoms with E-state index >= 15 is 0 Å². The lowest BCUT2D eigenvalue weighted by molar-refractivity contribution is 0.651. The zero-order valence-electron chi connectivity index (χ0n) is 15.9. The third-order valence-corrected chi connectivity index (χ3v) is 5.21. The van der Waals surface area contributed by atoms with Crippen LogP contribution < -0.4 is 15.5 Å². The Morgan fingerprint density at radius 3 is 2.73 bits per heavy atom. The SMILES string of the molecule is Cc1ccnc(C(Nc2nc(N(C)C)nc3c2CCNCC3)C2CC2)c1. The van der Waals surface area contributed by atoms with Gasteiger partial charge in [-0.05, 0) is 56.3 Å². The summed E-state index contributed by atoms with van der Waals surface area (Å²) in [5.74, 6) is 2.41. The van der Waals surface area contributed by atoms with Crippen LogP contribution in [0.1, 0.15) is 41.4 Å². The molecular formula is C20H28N6. The third-order valence-electron chi connectivity index (χ3n) is 5.21. The Morgan fingerprint density at radius 2 is 2.00 bits per heavy atom. The maximum absolute atomic E-state index is 4.87. The summed E-state index contributed by atoms with van der Waals surface area (Å²) in [7, 11) is 4.00. The first-order valence-electron chi connectivity index (χ1n) is 9.59. The van der Waals surface area contributed by atoms with Gasteiger partial charge in [-0.25, -0.2) is 4.98 Å². The molecule has 0 spiro atoms. The molecular weight excluding hydrogens is 324 g/mol. The van der Waals surface area contributed by atoms with Gasteiger partial charge in [0.1, 0.15) is 5.82 Å². The van der Waals surface area contributed by atoms with Crippen molar-refractivity contribution in [3.8, 4) is 0 Å². The fourth-order valence-corrected chi connectivity index (χ4v) is 3.59. The van der Waals surface area contributed by atoms with Crippen LogP contribution in [0.4, 0.5) is 11.8 Å². The van der Waals surface area contributed by atoms with Crippen molar-refractivity contribution in [1.29, 1.82) is 0 Å². The number of aryl methyl sites for hydroxylation is 1. The van der Waals surface area contributed by atoms with E-state index in [-0.39, 0.29) is 6.04 Å². The lowest BCUT2D eigenvalue weighted by Gasteiger charge is -2.23. The van der Waals surface area contributed by atoms with Gasteiger partial charge in [0.2, 0.25) is 5.95 Å². The molecule has 1 aliphatic heterocycles. The monoisotopic (exact) mass is 352 g/mol. The zero-order chi connectivity index (χ0) is 18.1. The maximum Gasteiger partial charge on any atom is 0.227 e. The highest BCUT2D eigenvalue weighted by Gasteiger charge is 2.34. The second kappa shape index (κ2) is 7.19. The van der Waals surface area contributed by atoms with E-state index in [2.05, 4.69) is 34.7 Å². The highest BCUT2D eigenvalue weighted by molar-refractivity contribution is 5.53. The van der Waals surface area contributed by atoms with Gasteiger partial charge in [-0.3, -0.25) is 4.98 Å². The number of hydrogen-bond donors (Lipinski definition) is 2. The van der Waals surface area contributed by atoms with Gasteiger partial charge in [-0.2, -0.15) is 4.98 Å². The van der Waals surface area contributed by atoms with Gasteiger partial charge in [-0.1, -0.05) is 0 Å². The number of fused-ring (bicyclic) bond motifs is 1. The molecule has 6 heteroatoms. The summed E-state index contributed by atoms with van der Waals surface area (Å²) < 4.78 is 0. The third kappa shape index (κ3) is 3.65. The van der Waals surface area contributed by atoms with Gasteiger partial charge in [0.25, 0.3) is 0 Å². The molecule has 2 aliphatic rings. The van der Waals surface area contributed by atoms with E-state index in [0.717, 1.165) is 43.4 Å². The van der Waals surface area contributed by atoms with Crippen molar-refractivity contribution in [2.24, 2.45) is 5.92 Å². The van der Waals surface area contributed by atoms with Crippen molar-refractivity contribution in [2.45, 2.75) is 38.6 Å². The summed E-state index contributed by atoms with van der Waals surface area (Å²) in [5.41, 5.74) is 4.81. The number of nitrogens with one attached hydrogen (secondary N) is 2. The van der Waals surface area contributed by atoms with E-state index in [1.807, 2.05) is 25.2 Å².